The van der Waals surface area contributed by atoms with E-state index in [0.29, 0.717) is 30.6 Å². The van der Waals surface area contributed by atoms with Gasteiger partial charge < -0.3 is 10.2 Å². The molecule has 3 saturated carbocycles. The van der Waals surface area contributed by atoms with Crippen LogP contribution in [0.2, 0.25) is 0 Å². The quantitative estimate of drug-likeness (QED) is 0.604. The molecule has 4 fully saturated rings. The highest BCUT2D eigenvalue weighted by molar-refractivity contribution is 5.81. The fourth-order valence-corrected chi connectivity index (χ4v) is 8.31. The Balaban J connectivity index is 1.54. The maximum atomic E-state index is 13.4. The molecule has 7 heteroatoms. The number of carbonyl (C=O) groups excluding carboxylic acids is 2. The Morgan fingerprint density at radius 3 is 2.38 bits per heavy atom. The second-order valence-electron chi connectivity index (χ2n) is 11.5. The number of nitrogens with zero attached hydrogens (tertiary/aromatic N) is 1. The maximum absolute atomic E-state index is 13.4. The van der Waals surface area contributed by atoms with E-state index in [1.807, 2.05) is 11.9 Å². The van der Waals surface area contributed by atoms with Gasteiger partial charge in [-0.05, 0) is 86.0 Å². The molecule has 2 amide bonds. The molecule has 0 spiro atoms. The molecule has 1 N–H and O–H groups in total. The molecule has 8 atom stereocenters. The summed E-state index contributed by atoms with van der Waals surface area (Å²) in [6.45, 7) is 9.25. The molecule has 1 aliphatic heterocycles. The second kappa shape index (κ2) is 7.76. The van der Waals surface area contributed by atoms with Crippen LogP contribution >= 0.6 is 0 Å². The number of halogens is 3. The number of fused-ring (bicyclic) bond motifs is 5. The first-order chi connectivity index (χ1) is 14.8. The topological polar surface area (TPSA) is 49.4 Å². The average Bonchev–Trinajstić information content (AvgIpc) is 3.05. The highest BCUT2D eigenvalue weighted by atomic mass is 19.4. The van der Waals surface area contributed by atoms with Gasteiger partial charge in [-0.3, -0.25) is 9.59 Å². The van der Waals surface area contributed by atoms with Crippen LogP contribution in [0.15, 0.2) is 12.2 Å². The van der Waals surface area contributed by atoms with Crippen molar-refractivity contribution in [2.24, 2.45) is 34.5 Å². The van der Waals surface area contributed by atoms with E-state index in [2.05, 4.69) is 25.7 Å². The Morgan fingerprint density at radius 2 is 1.75 bits per heavy atom. The third kappa shape index (κ3) is 3.49. The molecular formula is C25H37F3N2O2. The lowest BCUT2D eigenvalue weighted by Gasteiger charge is -2.61. The largest absolute Gasteiger partial charge is 0.412 e. The Morgan fingerprint density at radius 1 is 1.09 bits per heavy atom. The molecule has 32 heavy (non-hydrogen) atoms. The van der Waals surface area contributed by atoms with Crippen molar-refractivity contribution < 1.29 is 22.8 Å². The minimum Gasteiger partial charge on any atom is -0.342 e. The SMILES string of the molecule is C=C(C)C(NC(=O)C1CC[C@H]2[C@@H]3CCC4N(C)C(=O)CC[C@]4(C)[C@@H]3CC[C@]12C)C(F)(F)F. The minimum atomic E-state index is -4.53. The summed E-state index contributed by atoms with van der Waals surface area (Å²) < 4.78 is 40.3. The van der Waals surface area contributed by atoms with Gasteiger partial charge in [-0.2, -0.15) is 13.2 Å². The zero-order valence-corrected chi connectivity index (χ0v) is 19.7. The summed E-state index contributed by atoms with van der Waals surface area (Å²) in [5.74, 6) is 0.720. The monoisotopic (exact) mass is 454 g/mol. The normalized spacial score (nSPS) is 42.5. The maximum Gasteiger partial charge on any atom is 0.412 e. The lowest BCUT2D eigenvalue weighted by Crippen LogP contribution is -2.61. The van der Waals surface area contributed by atoms with Gasteiger partial charge in [0.25, 0.3) is 0 Å². The summed E-state index contributed by atoms with van der Waals surface area (Å²) in [5, 5.41) is 2.28. The molecule has 4 rings (SSSR count). The number of amides is 2. The molecule has 0 bridgehead atoms. The molecule has 4 aliphatic rings. The van der Waals surface area contributed by atoms with Gasteiger partial charge in [0.05, 0.1) is 0 Å². The number of carbonyl (C=O) groups is 2. The number of nitrogens with one attached hydrogen (secondary N) is 1. The lowest BCUT2D eigenvalue weighted by molar-refractivity contribution is -0.163. The van der Waals surface area contributed by atoms with Crippen molar-refractivity contribution >= 4 is 11.8 Å². The number of hydrogen-bond donors (Lipinski definition) is 1. The van der Waals surface area contributed by atoms with E-state index in [-0.39, 0.29) is 28.4 Å². The van der Waals surface area contributed by atoms with E-state index in [1.54, 1.807) is 0 Å². The van der Waals surface area contributed by atoms with Crippen LogP contribution in [-0.2, 0) is 9.59 Å². The number of likely N-dealkylation sites (tertiary alicyclic amines) is 1. The van der Waals surface area contributed by atoms with E-state index in [0.717, 1.165) is 38.5 Å². The Labute approximate surface area is 189 Å². The first-order valence-corrected chi connectivity index (χ1v) is 12.1. The van der Waals surface area contributed by atoms with Crippen molar-refractivity contribution in [3.63, 3.8) is 0 Å². The standard InChI is InChI=1S/C25H37F3N2O2/c1-14(2)21(25(26,27)28)29-22(32)18-8-7-16-15-6-9-19-24(4,13-11-20(31)30(19)5)17(15)10-12-23(16,18)3/h15-19,21H,1,6-13H2,2-5H3,(H,29,32)/t15-,16-,17+,18?,19?,21?,23-,24+/m0/s1. The van der Waals surface area contributed by atoms with E-state index >= 15 is 0 Å². The molecule has 4 nitrogen and oxygen atoms in total. The molecule has 180 valence electrons. The zero-order valence-electron chi connectivity index (χ0n) is 19.7. The molecule has 1 heterocycles. The van der Waals surface area contributed by atoms with Crippen LogP contribution in [0.4, 0.5) is 13.2 Å². The molecule has 3 aliphatic carbocycles. The number of piperidine rings is 1. The van der Waals surface area contributed by atoms with Crippen molar-refractivity contribution in [2.75, 3.05) is 7.05 Å². The Bertz CT molecular complexity index is 811. The Kier molecular flexibility index (Phi) is 5.73. The fourth-order valence-electron chi connectivity index (χ4n) is 8.31. The summed E-state index contributed by atoms with van der Waals surface area (Å²) in [6, 6.07) is -1.71. The highest BCUT2D eigenvalue weighted by Gasteiger charge is 2.62. The van der Waals surface area contributed by atoms with Crippen LogP contribution < -0.4 is 5.32 Å². The molecular weight excluding hydrogens is 417 g/mol. The first kappa shape index (κ1) is 23.6. The van der Waals surface area contributed by atoms with E-state index in [4.69, 9.17) is 0 Å². The van der Waals surface area contributed by atoms with Gasteiger partial charge in [-0.25, -0.2) is 0 Å². The zero-order chi connectivity index (χ0) is 23.6. The van der Waals surface area contributed by atoms with E-state index in [9.17, 15) is 22.8 Å². The Hall–Kier alpha value is -1.53. The molecule has 0 radical (unpaired) electrons. The average molecular weight is 455 g/mol. The van der Waals surface area contributed by atoms with Crippen LogP contribution in [0.1, 0.15) is 72.1 Å². The first-order valence-electron chi connectivity index (χ1n) is 12.1. The molecule has 1 saturated heterocycles. The number of hydrogen-bond acceptors (Lipinski definition) is 2. The minimum absolute atomic E-state index is 0.0866. The number of rotatable bonds is 3. The molecule has 0 aromatic heterocycles. The summed E-state index contributed by atoms with van der Waals surface area (Å²) in [6.07, 6.45) is 2.39. The van der Waals surface area contributed by atoms with Crippen molar-refractivity contribution in [1.82, 2.24) is 10.2 Å². The van der Waals surface area contributed by atoms with Crippen LogP contribution in [0.3, 0.4) is 0 Å². The van der Waals surface area contributed by atoms with Crippen LogP contribution in [-0.4, -0.2) is 42.0 Å². The van der Waals surface area contributed by atoms with Gasteiger partial charge in [-0.15, -0.1) is 0 Å². The summed E-state index contributed by atoms with van der Waals surface area (Å²) in [7, 11) is 1.94. The van der Waals surface area contributed by atoms with Crippen LogP contribution in [0.25, 0.3) is 0 Å². The highest BCUT2D eigenvalue weighted by Crippen LogP contribution is 2.66. The lowest BCUT2D eigenvalue weighted by atomic mass is 9.47. The van der Waals surface area contributed by atoms with E-state index < -0.39 is 24.0 Å². The summed E-state index contributed by atoms with van der Waals surface area (Å²) >= 11 is 0. The molecule has 0 aromatic rings. The summed E-state index contributed by atoms with van der Waals surface area (Å²) in [4.78, 5) is 27.4. The van der Waals surface area contributed by atoms with Crippen molar-refractivity contribution in [2.45, 2.75) is 90.4 Å². The van der Waals surface area contributed by atoms with Crippen molar-refractivity contribution in [3.05, 3.63) is 12.2 Å². The number of alkyl halides is 3. The summed E-state index contributed by atoms with van der Waals surface area (Å²) in [5.41, 5.74) is -0.263. The molecule has 3 unspecified atom stereocenters. The van der Waals surface area contributed by atoms with Gasteiger partial charge in [-0.1, -0.05) is 20.4 Å². The third-order valence-electron chi connectivity index (χ3n) is 9.98. The second-order valence-corrected chi connectivity index (χ2v) is 11.5. The van der Waals surface area contributed by atoms with Gasteiger partial charge in [0.1, 0.15) is 6.04 Å². The third-order valence-corrected chi connectivity index (χ3v) is 9.98. The fraction of sp³-hybridized carbons (Fsp3) is 0.840. The van der Waals surface area contributed by atoms with Crippen LogP contribution in [0, 0.1) is 34.5 Å². The van der Waals surface area contributed by atoms with Crippen LogP contribution in [0.5, 0.6) is 0 Å². The van der Waals surface area contributed by atoms with Gasteiger partial charge in [0, 0.05) is 25.4 Å². The van der Waals surface area contributed by atoms with E-state index in [1.165, 1.54) is 6.92 Å². The smallest absolute Gasteiger partial charge is 0.342 e. The van der Waals surface area contributed by atoms with Gasteiger partial charge in [0.2, 0.25) is 11.8 Å². The van der Waals surface area contributed by atoms with Crippen molar-refractivity contribution in [1.29, 1.82) is 0 Å². The van der Waals surface area contributed by atoms with Gasteiger partial charge >= 0.3 is 6.18 Å². The van der Waals surface area contributed by atoms with Gasteiger partial charge in [0.15, 0.2) is 0 Å². The predicted octanol–water partition coefficient (Wildman–Crippen LogP) is 5.09. The predicted molar refractivity (Wildman–Crippen MR) is 116 cm³/mol. The van der Waals surface area contributed by atoms with Crippen molar-refractivity contribution in [3.8, 4) is 0 Å². The molecule has 0 aromatic carbocycles.